The molecule has 7 heteroatoms. The molecule has 42 heavy (non-hydrogen) atoms. The molecule has 0 bridgehead atoms. The van der Waals surface area contributed by atoms with Gasteiger partial charge >= 0.3 is 0 Å². The molecule has 1 amide bonds. The molecule has 2 N–H and O–H groups in total. The number of hydrogen-bond acceptors (Lipinski definition) is 5. The third kappa shape index (κ3) is 7.06. The number of nitrogens with one attached hydrogen (secondary N) is 1. The number of benzene rings is 2. The molecule has 0 fully saturated rings. The number of amides is 1. The monoisotopic (exact) mass is 582 g/mol. The highest BCUT2D eigenvalue weighted by atomic mass is 35.5. The Balaban J connectivity index is 1.37. The largest absolute Gasteiger partial charge is 0.392 e. The van der Waals surface area contributed by atoms with Crippen molar-refractivity contribution in [3.05, 3.63) is 129 Å². The van der Waals surface area contributed by atoms with Crippen LogP contribution < -0.4 is 5.32 Å². The second-order valence-electron chi connectivity index (χ2n) is 11.1. The van der Waals surface area contributed by atoms with E-state index in [2.05, 4.69) is 33.4 Å². The number of aliphatic hydroxyl groups is 1. The first-order chi connectivity index (χ1) is 20.5. The fourth-order valence-corrected chi connectivity index (χ4v) is 6.24. The molecule has 4 aromatic rings. The van der Waals surface area contributed by atoms with Crippen molar-refractivity contribution in [1.82, 2.24) is 20.2 Å². The highest BCUT2D eigenvalue weighted by molar-refractivity contribution is 6.30. The van der Waals surface area contributed by atoms with Gasteiger partial charge in [-0.2, -0.15) is 0 Å². The summed E-state index contributed by atoms with van der Waals surface area (Å²) in [5.74, 6) is -0.174. The van der Waals surface area contributed by atoms with Crippen LogP contribution in [0.15, 0.2) is 79.1 Å². The maximum absolute atomic E-state index is 13.0. The maximum atomic E-state index is 13.0. The summed E-state index contributed by atoms with van der Waals surface area (Å²) in [7, 11) is 0. The number of pyridine rings is 2. The van der Waals surface area contributed by atoms with Crippen molar-refractivity contribution < 1.29 is 9.90 Å². The number of aryl methyl sites for hydroxylation is 2. The number of nitrogens with zero attached hydrogens (tertiary/aromatic N) is 3. The molecule has 2 aromatic carbocycles. The van der Waals surface area contributed by atoms with Gasteiger partial charge in [-0.1, -0.05) is 73.1 Å². The molecule has 0 saturated carbocycles. The van der Waals surface area contributed by atoms with Crippen LogP contribution >= 0.6 is 11.6 Å². The minimum Gasteiger partial charge on any atom is -0.392 e. The van der Waals surface area contributed by atoms with Crippen molar-refractivity contribution in [2.75, 3.05) is 0 Å². The second kappa shape index (κ2) is 14.1. The molecule has 6 nitrogen and oxygen atoms in total. The van der Waals surface area contributed by atoms with E-state index < -0.39 is 0 Å². The summed E-state index contributed by atoms with van der Waals surface area (Å²) in [5.41, 5.74) is 8.37. The molecule has 5 rings (SSSR count). The Bertz CT molecular complexity index is 1510. The van der Waals surface area contributed by atoms with Crippen molar-refractivity contribution in [2.24, 2.45) is 0 Å². The SMILES string of the molecule is CC[C@H](C(=O)NCc1ccc(CN(Cc2ncc(Cl)cc2C)C2CCCc3cccnc32)c(CO)c1)c1ccccc1. The highest BCUT2D eigenvalue weighted by Crippen LogP contribution is 2.35. The molecule has 2 aromatic heterocycles. The first-order valence-electron chi connectivity index (χ1n) is 14.8. The van der Waals surface area contributed by atoms with E-state index in [9.17, 15) is 9.90 Å². The van der Waals surface area contributed by atoms with E-state index in [1.807, 2.05) is 68.6 Å². The summed E-state index contributed by atoms with van der Waals surface area (Å²) < 4.78 is 0. The maximum Gasteiger partial charge on any atom is 0.227 e. The number of aromatic nitrogens is 2. The number of fused-ring (bicyclic) bond motifs is 1. The lowest BCUT2D eigenvalue weighted by Crippen LogP contribution is -2.32. The molecular formula is C35H39ClN4O2. The Morgan fingerprint density at radius 3 is 2.67 bits per heavy atom. The molecule has 2 atom stereocenters. The van der Waals surface area contributed by atoms with E-state index in [-0.39, 0.29) is 24.5 Å². The van der Waals surface area contributed by atoms with Crippen LogP contribution in [0.5, 0.6) is 0 Å². The van der Waals surface area contributed by atoms with Gasteiger partial charge in [-0.05, 0) is 78.1 Å². The fraction of sp³-hybridized carbons (Fsp3) is 0.343. The minimum absolute atomic E-state index is 0.0128. The summed E-state index contributed by atoms with van der Waals surface area (Å²) in [5, 5.41) is 14.1. The molecule has 218 valence electrons. The molecule has 0 radical (unpaired) electrons. The van der Waals surface area contributed by atoms with Crippen LogP contribution in [0.25, 0.3) is 0 Å². The Hall–Kier alpha value is -3.58. The molecule has 1 aliphatic carbocycles. The zero-order valence-corrected chi connectivity index (χ0v) is 25.1. The first kappa shape index (κ1) is 29.9. The highest BCUT2D eigenvalue weighted by Gasteiger charge is 2.28. The van der Waals surface area contributed by atoms with Crippen LogP contribution in [0.3, 0.4) is 0 Å². The Kier molecular flexibility index (Phi) is 10.0. The number of aliphatic hydroxyl groups excluding tert-OH is 1. The van der Waals surface area contributed by atoms with E-state index in [0.717, 1.165) is 64.9 Å². The van der Waals surface area contributed by atoms with Gasteiger partial charge in [0, 0.05) is 32.0 Å². The van der Waals surface area contributed by atoms with Gasteiger partial charge in [-0.25, -0.2) is 0 Å². The summed E-state index contributed by atoms with van der Waals surface area (Å²) >= 11 is 6.22. The van der Waals surface area contributed by atoms with Gasteiger partial charge in [0.1, 0.15) is 0 Å². The van der Waals surface area contributed by atoms with Crippen molar-refractivity contribution in [3.63, 3.8) is 0 Å². The topological polar surface area (TPSA) is 78.4 Å². The molecule has 0 saturated heterocycles. The van der Waals surface area contributed by atoms with Gasteiger partial charge < -0.3 is 10.4 Å². The summed E-state index contributed by atoms with van der Waals surface area (Å²) in [6, 6.07) is 22.3. The molecule has 0 aliphatic heterocycles. The quantitative estimate of drug-likeness (QED) is 0.203. The van der Waals surface area contributed by atoms with Gasteiger partial charge in [-0.3, -0.25) is 19.7 Å². The molecule has 0 spiro atoms. The van der Waals surface area contributed by atoms with E-state index in [0.29, 0.717) is 24.7 Å². The third-order valence-corrected chi connectivity index (χ3v) is 8.53. The molecular weight excluding hydrogens is 544 g/mol. The number of carbonyl (C=O) groups excluding carboxylic acids is 1. The van der Waals surface area contributed by atoms with Crippen LogP contribution in [0.1, 0.15) is 82.9 Å². The van der Waals surface area contributed by atoms with Crippen molar-refractivity contribution in [1.29, 1.82) is 0 Å². The fourth-order valence-electron chi connectivity index (χ4n) is 6.02. The van der Waals surface area contributed by atoms with E-state index >= 15 is 0 Å². The molecule has 1 aliphatic rings. The molecule has 1 unspecified atom stereocenters. The zero-order chi connectivity index (χ0) is 29.5. The third-order valence-electron chi connectivity index (χ3n) is 8.32. The van der Waals surface area contributed by atoms with Crippen LogP contribution in [0, 0.1) is 6.92 Å². The van der Waals surface area contributed by atoms with Crippen LogP contribution in [0.4, 0.5) is 0 Å². The summed E-state index contributed by atoms with van der Waals surface area (Å²) in [4.78, 5) is 24.9. The van der Waals surface area contributed by atoms with Gasteiger partial charge in [0.05, 0.1) is 35.0 Å². The number of halogens is 1. The van der Waals surface area contributed by atoms with Crippen molar-refractivity contribution >= 4 is 17.5 Å². The predicted molar refractivity (Wildman–Crippen MR) is 167 cm³/mol. The van der Waals surface area contributed by atoms with E-state index in [1.165, 1.54) is 5.56 Å². The average Bonchev–Trinajstić information content (AvgIpc) is 3.02. The van der Waals surface area contributed by atoms with E-state index in [4.69, 9.17) is 16.6 Å². The van der Waals surface area contributed by atoms with Gasteiger partial charge in [-0.15, -0.1) is 0 Å². The van der Waals surface area contributed by atoms with E-state index in [1.54, 1.807) is 6.20 Å². The summed E-state index contributed by atoms with van der Waals surface area (Å²) in [6.45, 7) is 5.69. The lowest BCUT2D eigenvalue weighted by atomic mass is 9.90. The Morgan fingerprint density at radius 2 is 1.90 bits per heavy atom. The molecule has 2 heterocycles. The normalized spacial score (nSPS) is 15.3. The van der Waals surface area contributed by atoms with Crippen LogP contribution in [-0.4, -0.2) is 25.9 Å². The minimum atomic E-state index is -0.187. The van der Waals surface area contributed by atoms with Gasteiger partial charge in [0.2, 0.25) is 5.91 Å². The van der Waals surface area contributed by atoms with Crippen molar-refractivity contribution in [2.45, 2.75) is 77.7 Å². The lowest BCUT2D eigenvalue weighted by Gasteiger charge is -2.35. The number of hydrogen-bond donors (Lipinski definition) is 2. The first-order valence-corrected chi connectivity index (χ1v) is 15.2. The predicted octanol–water partition coefficient (Wildman–Crippen LogP) is 6.82. The zero-order valence-electron chi connectivity index (χ0n) is 24.4. The number of carbonyl (C=O) groups is 1. The standard InChI is InChI=1S/C35H39ClN4O2/c1-3-31(26-9-5-4-6-10-26)35(42)39-19-25-14-15-28(29(18-25)23-41)21-40(22-32-24(2)17-30(36)20-38-32)33-13-7-11-27-12-8-16-37-34(27)33/h4-6,8-10,12,14-18,20,31,33,41H,3,7,11,13,19,21-23H2,1-2H3,(H,39,42)/t31-,33?/m0/s1. The van der Waals surface area contributed by atoms with Crippen LogP contribution in [0.2, 0.25) is 5.02 Å². The smallest absolute Gasteiger partial charge is 0.227 e. The number of rotatable bonds is 11. The lowest BCUT2D eigenvalue weighted by molar-refractivity contribution is -0.122. The Labute approximate surface area is 253 Å². The van der Waals surface area contributed by atoms with Gasteiger partial charge in [0.25, 0.3) is 0 Å². The second-order valence-corrected chi connectivity index (χ2v) is 11.6. The summed E-state index contributed by atoms with van der Waals surface area (Å²) in [6.07, 6.45) is 7.46. The van der Waals surface area contributed by atoms with Crippen molar-refractivity contribution in [3.8, 4) is 0 Å². The average molecular weight is 583 g/mol. The Morgan fingerprint density at radius 1 is 1.07 bits per heavy atom. The van der Waals surface area contributed by atoms with Crippen LogP contribution in [-0.2, 0) is 37.5 Å². The van der Waals surface area contributed by atoms with Gasteiger partial charge in [0.15, 0.2) is 0 Å².